The topological polar surface area (TPSA) is 74.9 Å². The van der Waals surface area contributed by atoms with Crippen LogP contribution < -0.4 is 0 Å². The summed E-state index contributed by atoms with van der Waals surface area (Å²) >= 11 is 4.06. The maximum atomic E-state index is 8.77. The van der Waals surface area contributed by atoms with E-state index < -0.39 is 0 Å². The Labute approximate surface area is 218 Å². The molecule has 0 unspecified atom stereocenters. The number of fused-ring (bicyclic) bond motifs is 6. The summed E-state index contributed by atoms with van der Waals surface area (Å²) in [5.41, 5.74) is 9.00. The number of hydrogen-bond donors (Lipinski definition) is 2. The zero-order valence-corrected chi connectivity index (χ0v) is 20.4. The highest BCUT2D eigenvalue weighted by molar-refractivity contribution is 7.79. The van der Waals surface area contributed by atoms with E-state index in [1.54, 1.807) is 6.20 Å². The van der Waals surface area contributed by atoms with Crippen LogP contribution in [0.25, 0.3) is 61.3 Å². The Hall–Kier alpha value is -4.68. The average molecular weight is 494 g/mol. The van der Waals surface area contributed by atoms with Gasteiger partial charge in [-0.05, 0) is 43.2 Å². The molecular formula is C31H19N5S. The van der Waals surface area contributed by atoms with Gasteiger partial charge in [-0.25, -0.2) is 14.4 Å². The highest BCUT2D eigenvalue weighted by atomic mass is 32.1. The molecule has 6 heteroatoms. The number of aromatic nitrogens is 3. The van der Waals surface area contributed by atoms with E-state index in [2.05, 4.69) is 70.7 Å². The monoisotopic (exact) mass is 493 g/mol. The van der Waals surface area contributed by atoms with Crippen molar-refractivity contribution in [2.24, 2.45) is 4.40 Å². The fourth-order valence-electron chi connectivity index (χ4n) is 5.02. The van der Waals surface area contributed by atoms with Crippen LogP contribution in [0, 0.1) is 5.41 Å². The molecule has 0 atom stereocenters. The van der Waals surface area contributed by atoms with Gasteiger partial charge in [0.05, 0.1) is 39.4 Å². The van der Waals surface area contributed by atoms with Crippen molar-refractivity contribution >= 4 is 63.0 Å². The van der Waals surface area contributed by atoms with Crippen LogP contribution in [0.15, 0.2) is 102 Å². The van der Waals surface area contributed by atoms with E-state index in [1.807, 2.05) is 48.6 Å². The molecule has 37 heavy (non-hydrogen) atoms. The molecule has 6 aromatic rings. The lowest BCUT2D eigenvalue weighted by molar-refractivity contribution is 1.36. The number of para-hydroxylation sites is 1. The van der Waals surface area contributed by atoms with Gasteiger partial charge >= 0.3 is 0 Å². The summed E-state index contributed by atoms with van der Waals surface area (Å²) in [6.07, 6.45) is 5.61. The molecule has 0 fully saturated rings. The summed E-state index contributed by atoms with van der Waals surface area (Å²) in [7, 11) is 0. The van der Waals surface area contributed by atoms with Gasteiger partial charge in [0, 0.05) is 44.6 Å². The first-order valence-corrected chi connectivity index (χ1v) is 12.3. The van der Waals surface area contributed by atoms with Gasteiger partial charge in [-0.15, -0.1) is 0 Å². The van der Waals surface area contributed by atoms with Crippen LogP contribution in [-0.2, 0) is 0 Å². The quantitative estimate of drug-likeness (QED) is 0.196. The standard InChI is InChI=1S/C31H19N5S/c32-28-26(36-37)16-14-23-27(28)22-5-1-2-6-25(22)35-29(23)20-9-7-18(8-10-20)24-15-13-21-12-11-19-4-3-17-33-30(19)31(21)34-24/h1-17,32,37H. The number of pyridine rings is 3. The Bertz CT molecular complexity index is 1960. The Balaban J connectivity index is 1.36. The van der Waals surface area contributed by atoms with Crippen molar-refractivity contribution in [3.8, 4) is 22.5 Å². The second kappa shape index (κ2) is 8.47. The van der Waals surface area contributed by atoms with Crippen molar-refractivity contribution in [3.05, 3.63) is 108 Å². The Morgan fingerprint density at radius 1 is 0.703 bits per heavy atom. The van der Waals surface area contributed by atoms with Crippen molar-refractivity contribution in [2.75, 3.05) is 0 Å². The molecule has 0 aliphatic heterocycles. The van der Waals surface area contributed by atoms with Crippen molar-refractivity contribution in [1.29, 1.82) is 5.41 Å². The molecule has 3 heterocycles. The zero-order chi connectivity index (χ0) is 24.9. The van der Waals surface area contributed by atoms with Crippen LogP contribution in [0.4, 0.5) is 0 Å². The SMILES string of the molecule is N=C1C(=NS)C=Cc2c(-c3ccc(-c4ccc5ccc6cccnc6c5n4)cc3)nc3ccccc3c21. The van der Waals surface area contributed by atoms with E-state index in [1.165, 1.54) is 0 Å². The Morgan fingerprint density at radius 2 is 1.46 bits per heavy atom. The maximum absolute atomic E-state index is 8.77. The summed E-state index contributed by atoms with van der Waals surface area (Å²) in [6.45, 7) is 0. The first-order valence-electron chi connectivity index (χ1n) is 11.9. The van der Waals surface area contributed by atoms with Gasteiger partial charge < -0.3 is 0 Å². The molecule has 3 aromatic carbocycles. The molecule has 1 aliphatic carbocycles. The molecule has 174 valence electrons. The molecule has 0 saturated carbocycles. The third kappa shape index (κ3) is 3.45. The van der Waals surface area contributed by atoms with Crippen molar-refractivity contribution in [1.82, 2.24) is 15.0 Å². The molecule has 0 bridgehead atoms. The predicted molar refractivity (Wildman–Crippen MR) is 156 cm³/mol. The summed E-state index contributed by atoms with van der Waals surface area (Å²) in [5.74, 6) is 0. The number of thiol groups is 1. The molecule has 1 N–H and O–H groups in total. The van der Waals surface area contributed by atoms with Gasteiger partial charge in [0.1, 0.15) is 0 Å². The van der Waals surface area contributed by atoms with Crippen LogP contribution in [0.2, 0.25) is 0 Å². The lowest BCUT2D eigenvalue weighted by atomic mass is 9.88. The van der Waals surface area contributed by atoms with Gasteiger partial charge in [-0.1, -0.05) is 66.7 Å². The Kier molecular flexibility index (Phi) is 4.94. The second-order valence-corrected chi connectivity index (χ2v) is 9.15. The van der Waals surface area contributed by atoms with Gasteiger partial charge in [0.25, 0.3) is 0 Å². The molecule has 1 aliphatic rings. The molecular weight excluding hydrogens is 474 g/mol. The number of rotatable bonds is 2. The van der Waals surface area contributed by atoms with Crippen LogP contribution >= 0.6 is 12.8 Å². The van der Waals surface area contributed by atoms with Crippen LogP contribution in [0.1, 0.15) is 11.1 Å². The van der Waals surface area contributed by atoms with E-state index in [0.717, 1.165) is 66.4 Å². The third-order valence-corrected chi connectivity index (χ3v) is 7.05. The van der Waals surface area contributed by atoms with Crippen molar-refractivity contribution < 1.29 is 0 Å². The van der Waals surface area contributed by atoms with E-state index in [0.29, 0.717) is 11.4 Å². The van der Waals surface area contributed by atoms with Crippen molar-refractivity contribution in [3.63, 3.8) is 0 Å². The van der Waals surface area contributed by atoms with Crippen LogP contribution in [0.3, 0.4) is 0 Å². The van der Waals surface area contributed by atoms with Crippen molar-refractivity contribution in [2.45, 2.75) is 0 Å². The van der Waals surface area contributed by atoms with Gasteiger partial charge in [0.15, 0.2) is 0 Å². The number of nitrogens with zero attached hydrogens (tertiary/aromatic N) is 4. The first-order chi connectivity index (χ1) is 18.2. The minimum absolute atomic E-state index is 0.352. The van der Waals surface area contributed by atoms with E-state index in [9.17, 15) is 0 Å². The molecule has 3 aromatic heterocycles. The van der Waals surface area contributed by atoms with E-state index in [-0.39, 0.29) is 0 Å². The van der Waals surface area contributed by atoms with Gasteiger partial charge in [0.2, 0.25) is 0 Å². The van der Waals surface area contributed by atoms with Crippen LogP contribution in [-0.4, -0.2) is 26.4 Å². The lowest BCUT2D eigenvalue weighted by Gasteiger charge is -2.19. The number of allylic oxidation sites excluding steroid dienone is 1. The molecule has 5 nitrogen and oxygen atoms in total. The van der Waals surface area contributed by atoms with E-state index in [4.69, 9.17) is 15.4 Å². The normalized spacial score (nSPS) is 14.1. The summed E-state index contributed by atoms with van der Waals surface area (Å²) in [5, 5.41) is 11.8. The minimum Gasteiger partial charge on any atom is -0.298 e. The highest BCUT2D eigenvalue weighted by Gasteiger charge is 2.23. The second-order valence-electron chi connectivity index (χ2n) is 8.95. The van der Waals surface area contributed by atoms with E-state index >= 15 is 0 Å². The molecule has 0 saturated heterocycles. The zero-order valence-electron chi connectivity index (χ0n) is 19.6. The molecule has 0 spiro atoms. The fraction of sp³-hybridized carbons (Fsp3) is 0. The number of hydrogen-bond acceptors (Lipinski definition) is 6. The highest BCUT2D eigenvalue weighted by Crippen LogP contribution is 2.35. The predicted octanol–water partition coefficient (Wildman–Crippen LogP) is 7.35. The first kappa shape index (κ1) is 21.6. The number of benzene rings is 3. The molecule has 0 amide bonds. The Morgan fingerprint density at radius 3 is 2.30 bits per heavy atom. The lowest BCUT2D eigenvalue weighted by Crippen LogP contribution is -2.18. The number of nitrogens with one attached hydrogen (secondary N) is 1. The largest absolute Gasteiger partial charge is 0.298 e. The van der Waals surface area contributed by atoms with Gasteiger partial charge in [-0.3, -0.25) is 10.4 Å². The average Bonchev–Trinajstić information content (AvgIpc) is 2.96. The maximum Gasteiger partial charge on any atom is 0.0972 e. The smallest absolute Gasteiger partial charge is 0.0972 e. The summed E-state index contributed by atoms with van der Waals surface area (Å²) < 4.78 is 3.99. The molecule has 0 radical (unpaired) electrons. The fourth-order valence-corrected chi connectivity index (χ4v) is 5.19. The van der Waals surface area contributed by atoms with Gasteiger partial charge in [-0.2, -0.15) is 0 Å². The third-order valence-electron chi connectivity index (χ3n) is 6.84. The minimum atomic E-state index is 0.352. The summed E-state index contributed by atoms with van der Waals surface area (Å²) in [4.78, 5) is 14.5. The summed E-state index contributed by atoms with van der Waals surface area (Å²) in [6, 6.07) is 28.5. The van der Waals surface area contributed by atoms with Crippen LogP contribution in [0.5, 0.6) is 0 Å². The molecule has 7 rings (SSSR count).